The molecule has 1 aromatic carbocycles. The average Bonchev–Trinajstić information content (AvgIpc) is 3.59. The van der Waals surface area contributed by atoms with Crippen molar-refractivity contribution in [2.75, 3.05) is 31.1 Å². The van der Waals surface area contributed by atoms with E-state index in [0.717, 1.165) is 50.6 Å². The molecule has 3 aliphatic heterocycles. The highest BCUT2D eigenvalue weighted by atomic mass is 16.5. The molecule has 3 heterocycles. The number of carbonyl (C=O) groups is 3. The van der Waals surface area contributed by atoms with Gasteiger partial charge in [0.2, 0.25) is 17.7 Å². The Balaban J connectivity index is 1.52. The number of rotatable bonds is 14. The molecule has 8 nitrogen and oxygen atoms in total. The normalized spacial score (nSPS) is 29.9. The molecule has 8 heteroatoms. The third-order valence-corrected chi connectivity index (χ3v) is 10.4. The lowest BCUT2D eigenvalue weighted by molar-refractivity contribution is -0.153. The minimum atomic E-state index is -1.04. The molecule has 2 bridgehead atoms. The first-order valence-corrected chi connectivity index (χ1v) is 16.3. The molecule has 3 saturated heterocycles. The van der Waals surface area contributed by atoms with Crippen molar-refractivity contribution in [3.63, 3.8) is 0 Å². The molecule has 4 fully saturated rings. The zero-order valence-corrected chi connectivity index (χ0v) is 25.8. The van der Waals surface area contributed by atoms with Crippen molar-refractivity contribution >= 4 is 23.4 Å². The number of ether oxygens (including phenoxy) is 1. The second-order valence-corrected chi connectivity index (χ2v) is 13.0. The van der Waals surface area contributed by atoms with E-state index >= 15 is 0 Å². The van der Waals surface area contributed by atoms with Gasteiger partial charge in [0, 0.05) is 38.0 Å². The summed E-state index contributed by atoms with van der Waals surface area (Å²) < 4.78 is 6.92. The fourth-order valence-electron chi connectivity index (χ4n) is 8.40. The maximum Gasteiger partial charge on any atom is 0.248 e. The molecule has 4 aliphatic rings. The number of anilines is 1. The van der Waals surface area contributed by atoms with Gasteiger partial charge in [0.1, 0.15) is 11.6 Å². The monoisotopic (exact) mass is 591 g/mol. The predicted octanol–water partition coefficient (Wildman–Crippen LogP) is 4.87. The second kappa shape index (κ2) is 13.3. The molecule has 1 N–H and O–H groups in total. The zero-order chi connectivity index (χ0) is 30.6. The SMILES string of the molecule is C=CCN(C(=O)[C@H]1[C@H]2C(=O)N(CCCCCCO)C(C(=O)N(CC=C)C3CCCCC3)C23CC[C@]1(C)O3)c1ccccc1. The van der Waals surface area contributed by atoms with Gasteiger partial charge in [-0.15, -0.1) is 13.2 Å². The Labute approximate surface area is 256 Å². The number of para-hydroxylation sites is 1. The summed E-state index contributed by atoms with van der Waals surface area (Å²) in [6.07, 6.45) is 13.1. The Morgan fingerprint density at radius 2 is 1.70 bits per heavy atom. The van der Waals surface area contributed by atoms with E-state index in [0.29, 0.717) is 38.9 Å². The summed E-state index contributed by atoms with van der Waals surface area (Å²) in [6.45, 7) is 11.1. The third-order valence-electron chi connectivity index (χ3n) is 10.4. The van der Waals surface area contributed by atoms with Crippen molar-refractivity contribution < 1.29 is 24.2 Å². The van der Waals surface area contributed by atoms with E-state index in [-0.39, 0.29) is 30.4 Å². The number of hydrogen-bond acceptors (Lipinski definition) is 5. The molecule has 1 aliphatic carbocycles. The number of fused-ring (bicyclic) bond motifs is 1. The highest BCUT2D eigenvalue weighted by Crippen LogP contribution is 2.63. The van der Waals surface area contributed by atoms with Crippen LogP contribution in [0.4, 0.5) is 5.69 Å². The van der Waals surface area contributed by atoms with E-state index in [1.165, 1.54) is 6.42 Å². The Hall–Kier alpha value is -2.97. The average molecular weight is 592 g/mol. The van der Waals surface area contributed by atoms with Crippen LogP contribution < -0.4 is 4.90 Å². The van der Waals surface area contributed by atoms with E-state index in [4.69, 9.17) is 4.74 Å². The van der Waals surface area contributed by atoms with Gasteiger partial charge in [-0.3, -0.25) is 14.4 Å². The number of likely N-dealkylation sites (tertiary alicyclic amines) is 1. The summed E-state index contributed by atoms with van der Waals surface area (Å²) in [7, 11) is 0. The molecule has 234 valence electrons. The number of amides is 3. The quantitative estimate of drug-likeness (QED) is 0.246. The summed E-state index contributed by atoms with van der Waals surface area (Å²) in [5.74, 6) is -1.79. The zero-order valence-electron chi connectivity index (χ0n) is 25.8. The Bertz CT molecular complexity index is 1180. The van der Waals surface area contributed by atoms with Gasteiger partial charge in [-0.1, -0.05) is 62.5 Å². The Morgan fingerprint density at radius 3 is 2.37 bits per heavy atom. The molecule has 1 saturated carbocycles. The molecule has 5 atom stereocenters. The summed E-state index contributed by atoms with van der Waals surface area (Å²) in [6, 6.07) is 8.84. The van der Waals surface area contributed by atoms with Crippen molar-refractivity contribution in [3.05, 3.63) is 55.6 Å². The van der Waals surface area contributed by atoms with E-state index < -0.39 is 29.1 Å². The van der Waals surface area contributed by atoms with Gasteiger partial charge < -0.3 is 24.5 Å². The van der Waals surface area contributed by atoms with E-state index in [1.54, 1.807) is 22.0 Å². The van der Waals surface area contributed by atoms with E-state index in [2.05, 4.69) is 13.2 Å². The lowest BCUT2D eigenvalue weighted by Crippen LogP contribution is -2.58. The Kier molecular flexibility index (Phi) is 9.76. The number of hydrogen-bond donors (Lipinski definition) is 1. The van der Waals surface area contributed by atoms with Crippen LogP contribution in [-0.4, -0.2) is 82.2 Å². The van der Waals surface area contributed by atoms with Crippen LogP contribution in [0.25, 0.3) is 0 Å². The first kappa shape index (κ1) is 31.5. The van der Waals surface area contributed by atoms with Crippen LogP contribution in [0.5, 0.6) is 0 Å². The minimum absolute atomic E-state index is 0.0682. The third kappa shape index (κ3) is 5.68. The van der Waals surface area contributed by atoms with Crippen molar-refractivity contribution in [1.29, 1.82) is 0 Å². The molecule has 0 aromatic heterocycles. The largest absolute Gasteiger partial charge is 0.396 e. The van der Waals surface area contributed by atoms with Crippen LogP contribution in [-0.2, 0) is 19.1 Å². The van der Waals surface area contributed by atoms with Crippen LogP contribution in [0.2, 0.25) is 0 Å². The topological polar surface area (TPSA) is 90.4 Å². The lowest BCUT2D eigenvalue weighted by atomic mass is 9.66. The highest BCUT2D eigenvalue weighted by molar-refractivity contribution is 6.03. The fourth-order valence-corrected chi connectivity index (χ4v) is 8.40. The van der Waals surface area contributed by atoms with Gasteiger partial charge in [0.15, 0.2) is 0 Å². The van der Waals surface area contributed by atoms with Crippen LogP contribution >= 0.6 is 0 Å². The number of benzene rings is 1. The highest BCUT2D eigenvalue weighted by Gasteiger charge is 2.78. The molecule has 1 aromatic rings. The van der Waals surface area contributed by atoms with Crippen LogP contribution in [0.1, 0.15) is 77.6 Å². The molecule has 43 heavy (non-hydrogen) atoms. The van der Waals surface area contributed by atoms with Crippen LogP contribution in [0, 0.1) is 11.8 Å². The molecule has 2 unspecified atom stereocenters. The standard InChI is InChI=1S/C35H49N3O5/c1-4-22-36(26-16-10-8-11-17-26)31(40)28-29-32(41)38(24-14-6-7-15-25-39)30(35(29)21-20-34(28,3)43-35)33(42)37(23-5-2)27-18-12-9-13-19-27/h4-5,8,10-11,16-17,27-30,39H,1-2,6-7,9,12-15,18-25H2,3H3/t28-,29+,30?,34+,35?/m1/s1. The molecule has 0 radical (unpaired) electrons. The molecule has 3 amide bonds. The molecular formula is C35H49N3O5. The van der Waals surface area contributed by atoms with E-state index in [1.807, 2.05) is 42.2 Å². The first-order chi connectivity index (χ1) is 20.8. The van der Waals surface area contributed by atoms with Crippen molar-refractivity contribution in [2.24, 2.45) is 11.8 Å². The van der Waals surface area contributed by atoms with Gasteiger partial charge in [-0.2, -0.15) is 0 Å². The number of aliphatic hydroxyl groups is 1. The smallest absolute Gasteiger partial charge is 0.248 e. The first-order valence-electron chi connectivity index (χ1n) is 16.3. The van der Waals surface area contributed by atoms with Gasteiger partial charge in [-0.05, 0) is 57.6 Å². The summed E-state index contributed by atoms with van der Waals surface area (Å²) in [4.78, 5) is 49.2. The minimum Gasteiger partial charge on any atom is -0.396 e. The van der Waals surface area contributed by atoms with Gasteiger partial charge in [-0.25, -0.2) is 0 Å². The molecule has 1 spiro atoms. The summed E-state index contributed by atoms with van der Waals surface area (Å²) in [5.41, 5.74) is -1.13. The predicted molar refractivity (Wildman–Crippen MR) is 167 cm³/mol. The van der Waals surface area contributed by atoms with Crippen LogP contribution in [0.15, 0.2) is 55.6 Å². The number of carbonyl (C=O) groups excluding carboxylic acids is 3. The van der Waals surface area contributed by atoms with Crippen molar-refractivity contribution in [1.82, 2.24) is 9.80 Å². The number of nitrogens with zero attached hydrogens (tertiary/aromatic N) is 3. The molecular weight excluding hydrogens is 542 g/mol. The van der Waals surface area contributed by atoms with Crippen molar-refractivity contribution in [2.45, 2.75) is 101 Å². The van der Waals surface area contributed by atoms with Crippen molar-refractivity contribution in [3.8, 4) is 0 Å². The maximum absolute atomic E-state index is 14.8. The van der Waals surface area contributed by atoms with Gasteiger partial charge in [0.25, 0.3) is 0 Å². The fraction of sp³-hybridized carbons (Fsp3) is 0.629. The molecule has 5 rings (SSSR count). The lowest BCUT2D eigenvalue weighted by Gasteiger charge is -2.40. The number of unbranched alkanes of at least 4 members (excludes halogenated alkanes) is 3. The summed E-state index contributed by atoms with van der Waals surface area (Å²) in [5, 5.41) is 9.24. The van der Waals surface area contributed by atoms with Crippen LogP contribution in [0.3, 0.4) is 0 Å². The van der Waals surface area contributed by atoms with Gasteiger partial charge in [0.05, 0.1) is 17.4 Å². The maximum atomic E-state index is 14.8. The number of aliphatic hydroxyl groups excluding tert-OH is 1. The summed E-state index contributed by atoms with van der Waals surface area (Å²) >= 11 is 0. The Morgan fingerprint density at radius 1 is 1.00 bits per heavy atom. The second-order valence-electron chi connectivity index (χ2n) is 13.0. The van der Waals surface area contributed by atoms with E-state index in [9.17, 15) is 19.5 Å². The van der Waals surface area contributed by atoms with Gasteiger partial charge >= 0.3 is 0 Å².